The number of rotatable bonds is 6. The van der Waals surface area contributed by atoms with Gasteiger partial charge in [0, 0.05) is 31.3 Å². The summed E-state index contributed by atoms with van der Waals surface area (Å²) in [6, 6.07) is 16.3. The van der Waals surface area contributed by atoms with Crippen molar-refractivity contribution in [2.45, 2.75) is 12.0 Å². The monoisotopic (exact) mass is 381 g/mol. The number of hydrogen-bond donors (Lipinski definition) is 2. The molecule has 3 rings (SSSR count). The highest BCUT2D eigenvalue weighted by molar-refractivity contribution is 6.11. The fraction of sp³-hybridized carbons (Fsp3) is 0.273. The van der Waals surface area contributed by atoms with E-state index in [4.69, 9.17) is 5.41 Å². The summed E-state index contributed by atoms with van der Waals surface area (Å²) < 4.78 is 13.3. The van der Waals surface area contributed by atoms with E-state index >= 15 is 0 Å². The van der Waals surface area contributed by atoms with Gasteiger partial charge in [-0.1, -0.05) is 30.3 Å². The number of benzene rings is 2. The number of likely N-dealkylation sites (N-methyl/N-ethyl adjacent to an activating group) is 1. The number of likely N-dealkylation sites (tertiary alicyclic amines) is 1. The number of para-hydroxylation sites is 1. The molecule has 5 nitrogen and oxygen atoms in total. The van der Waals surface area contributed by atoms with E-state index < -0.39 is 0 Å². The van der Waals surface area contributed by atoms with Crippen molar-refractivity contribution < 1.29 is 14.5 Å². The lowest BCUT2D eigenvalue weighted by Gasteiger charge is -2.25. The van der Waals surface area contributed by atoms with Crippen molar-refractivity contribution in [3.8, 4) is 0 Å². The van der Waals surface area contributed by atoms with Gasteiger partial charge in [-0.2, -0.15) is 0 Å². The van der Waals surface area contributed by atoms with Crippen LogP contribution >= 0.6 is 0 Å². The van der Waals surface area contributed by atoms with Gasteiger partial charge in [0.1, 0.15) is 23.3 Å². The molecule has 2 aromatic carbocycles. The molecule has 0 radical (unpaired) electrons. The third-order valence-electron chi connectivity index (χ3n) is 5.20. The zero-order valence-electron chi connectivity index (χ0n) is 16.2. The third kappa shape index (κ3) is 4.52. The second kappa shape index (κ2) is 8.91. The number of nitrogens with zero attached hydrogens (tertiary/aromatic N) is 2. The number of quaternary nitrogens is 1. The second-order valence-corrected chi connectivity index (χ2v) is 7.24. The van der Waals surface area contributed by atoms with Crippen molar-refractivity contribution in [2.75, 3.05) is 27.2 Å². The zero-order chi connectivity index (χ0) is 20.1. The SMILES string of the molecule is CN(C)C1CN(C(=O)/C(C=N)=C/[NH2+]c2ccccc2)CC1c1ccc(F)cc1. The minimum atomic E-state index is -0.262. The molecule has 1 fully saturated rings. The summed E-state index contributed by atoms with van der Waals surface area (Å²) in [5.74, 6) is -0.315. The first-order valence-corrected chi connectivity index (χ1v) is 9.31. The van der Waals surface area contributed by atoms with Crippen molar-refractivity contribution >= 4 is 17.8 Å². The lowest BCUT2D eigenvalue weighted by atomic mass is 9.94. The number of nitrogens with two attached hydrogens (primary N) is 1. The number of halogens is 1. The van der Waals surface area contributed by atoms with E-state index in [0.29, 0.717) is 18.7 Å². The lowest BCUT2D eigenvalue weighted by Crippen LogP contribution is -2.71. The van der Waals surface area contributed by atoms with Crippen LogP contribution in [0.2, 0.25) is 0 Å². The molecule has 1 aliphatic rings. The molecule has 0 saturated carbocycles. The number of carbonyl (C=O) groups is 1. The lowest BCUT2D eigenvalue weighted by molar-refractivity contribution is -0.496. The smallest absolute Gasteiger partial charge is 0.260 e. The molecule has 0 bridgehead atoms. The van der Waals surface area contributed by atoms with Gasteiger partial charge in [0.15, 0.2) is 0 Å². The Morgan fingerprint density at radius 3 is 2.43 bits per heavy atom. The Labute approximate surface area is 165 Å². The predicted molar refractivity (Wildman–Crippen MR) is 108 cm³/mol. The van der Waals surface area contributed by atoms with E-state index in [-0.39, 0.29) is 23.7 Å². The van der Waals surface area contributed by atoms with E-state index in [0.717, 1.165) is 17.5 Å². The molecule has 0 aromatic heterocycles. The average molecular weight is 381 g/mol. The van der Waals surface area contributed by atoms with Gasteiger partial charge < -0.3 is 15.2 Å². The predicted octanol–water partition coefficient (Wildman–Crippen LogP) is 2.11. The second-order valence-electron chi connectivity index (χ2n) is 7.24. The molecule has 3 N–H and O–H groups in total. The van der Waals surface area contributed by atoms with Gasteiger partial charge in [0.2, 0.25) is 0 Å². The molecular formula is C22H26FN4O+. The molecule has 28 heavy (non-hydrogen) atoms. The molecule has 2 atom stereocenters. The molecule has 2 unspecified atom stereocenters. The molecule has 1 amide bonds. The maximum absolute atomic E-state index is 13.3. The van der Waals surface area contributed by atoms with E-state index in [9.17, 15) is 9.18 Å². The normalized spacial score (nSPS) is 19.9. The van der Waals surface area contributed by atoms with E-state index in [1.807, 2.05) is 49.7 Å². The largest absolute Gasteiger partial charge is 0.336 e. The van der Waals surface area contributed by atoms with Crippen LogP contribution in [0.3, 0.4) is 0 Å². The van der Waals surface area contributed by atoms with Crippen LogP contribution in [0.4, 0.5) is 10.1 Å². The fourth-order valence-electron chi connectivity index (χ4n) is 3.63. The summed E-state index contributed by atoms with van der Waals surface area (Å²) in [5, 5.41) is 9.52. The molecule has 0 spiro atoms. The van der Waals surface area contributed by atoms with Crippen molar-refractivity contribution in [3.05, 3.63) is 77.8 Å². The first kappa shape index (κ1) is 19.9. The Morgan fingerprint density at radius 2 is 1.82 bits per heavy atom. The highest BCUT2D eigenvalue weighted by Crippen LogP contribution is 2.31. The van der Waals surface area contributed by atoms with Crippen LogP contribution in [-0.4, -0.2) is 55.1 Å². The molecule has 0 aliphatic carbocycles. The van der Waals surface area contributed by atoms with Gasteiger partial charge >= 0.3 is 0 Å². The summed E-state index contributed by atoms with van der Waals surface area (Å²) in [4.78, 5) is 16.9. The number of amides is 1. The standard InChI is InChI=1S/C22H25FN4O/c1-26(2)21-15-27(14-20(21)16-8-10-18(23)11-9-16)22(28)17(12-24)13-25-19-6-4-3-5-7-19/h3-13,20-21,24-25H,14-15H2,1-2H3/p+1/b17-13+,24-12?. The van der Waals surface area contributed by atoms with Crippen LogP contribution in [0.1, 0.15) is 11.5 Å². The summed E-state index contributed by atoms with van der Waals surface area (Å²) in [5.41, 5.74) is 2.35. The quantitative estimate of drug-likeness (QED) is 0.457. The Hall–Kier alpha value is -2.83. The first-order chi connectivity index (χ1) is 13.5. The van der Waals surface area contributed by atoms with Gasteiger partial charge in [0.05, 0.1) is 0 Å². The van der Waals surface area contributed by atoms with Crippen molar-refractivity contribution in [1.82, 2.24) is 9.80 Å². The maximum Gasteiger partial charge on any atom is 0.260 e. The highest BCUT2D eigenvalue weighted by Gasteiger charge is 2.38. The van der Waals surface area contributed by atoms with Crippen LogP contribution < -0.4 is 5.32 Å². The first-order valence-electron chi connectivity index (χ1n) is 9.31. The Balaban J connectivity index is 1.77. The zero-order valence-corrected chi connectivity index (χ0v) is 16.2. The molecule has 1 aliphatic heterocycles. The fourth-order valence-corrected chi connectivity index (χ4v) is 3.63. The Bertz CT molecular complexity index is 849. The molecule has 2 aromatic rings. The summed E-state index contributed by atoms with van der Waals surface area (Å²) >= 11 is 0. The summed E-state index contributed by atoms with van der Waals surface area (Å²) in [6.07, 6.45) is 2.80. The highest BCUT2D eigenvalue weighted by atomic mass is 19.1. The van der Waals surface area contributed by atoms with Crippen LogP contribution in [0.5, 0.6) is 0 Å². The third-order valence-corrected chi connectivity index (χ3v) is 5.20. The minimum absolute atomic E-state index is 0.102. The van der Waals surface area contributed by atoms with Gasteiger partial charge in [-0.15, -0.1) is 0 Å². The average Bonchev–Trinajstić information content (AvgIpc) is 3.15. The van der Waals surface area contributed by atoms with E-state index in [2.05, 4.69) is 4.90 Å². The van der Waals surface area contributed by atoms with Crippen LogP contribution in [-0.2, 0) is 4.79 Å². The topological polar surface area (TPSA) is 64.0 Å². The van der Waals surface area contributed by atoms with Gasteiger partial charge in [0.25, 0.3) is 5.91 Å². The molecule has 6 heteroatoms. The summed E-state index contributed by atoms with van der Waals surface area (Å²) in [6.45, 7) is 1.12. The number of hydrogen-bond acceptors (Lipinski definition) is 3. The molecule has 1 heterocycles. The van der Waals surface area contributed by atoms with Crippen LogP contribution in [0.15, 0.2) is 66.4 Å². The molecular weight excluding hydrogens is 355 g/mol. The summed E-state index contributed by atoms with van der Waals surface area (Å²) in [7, 11) is 3.98. The number of nitrogens with one attached hydrogen (secondary N) is 1. The van der Waals surface area contributed by atoms with Crippen molar-refractivity contribution in [2.24, 2.45) is 0 Å². The maximum atomic E-state index is 13.3. The minimum Gasteiger partial charge on any atom is -0.336 e. The Kier molecular flexibility index (Phi) is 6.34. The van der Waals surface area contributed by atoms with E-state index in [1.54, 1.807) is 23.2 Å². The Morgan fingerprint density at radius 1 is 1.14 bits per heavy atom. The van der Waals surface area contributed by atoms with E-state index in [1.165, 1.54) is 12.1 Å². The van der Waals surface area contributed by atoms with Crippen molar-refractivity contribution in [3.63, 3.8) is 0 Å². The van der Waals surface area contributed by atoms with Gasteiger partial charge in [-0.3, -0.25) is 10.1 Å². The van der Waals surface area contributed by atoms with Crippen LogP contribution in [0.25, 0.3) is 0 Å². The van der Waals surface area contributed by atoms with Crippen molar-refractivity contribution in [1.29, 1.82) is 5.41 Å². The van der Waals surface area contributed by atoms with Gasteiger partial charge in [-0.05, 0) is 43.9 Å². The van der Waals surface area contributed by atoms with Gasteiger partial charge in [-0.25, -0.2) is 4.39 Å². The molecule has 146 valence electrons. The van der Waals surface area contributed by atoms with Crippen LogP contribution in [0, 0.1) is 11.2 Å². The molecule has 1 saturated heterocycles. The number of carbonyl (C=O) groups excluding carboxylic acids is 1.